The fourth-order valence-electron chi connectivity index (χ4n) is 5.88. The first-order valence-corrected chi connectivity index (χ1v) is 14.5. The van der Waals surface area contributed by atoms with Crippen molar-refractivity contribution in [1.82, 2.24) is 29.7 Å². The van der Waals surface area contributed by atoms with Gasteiger partial charge in [-0.15, -0.1) is 0 Å². The van der Waals surface area contributed by atoms with Gasteiger partial charge in [0.1, 0.15) is 17.0 Å². The number of hydrogen-bond donors (Lipinski definition) is 3. The van der Waals surface area contributed by atoms with Crippen molar-refractivity contribution in [2.24, 2.45) is 0 Å². The van der Waals surface area contributed by atoms with E-state index in [-0.39, 0.29) is 23.2 Å². The lowest BCUT2D eigenvalue weighted by Gasteiger charge is -2.34. The maximum absolute atomic E-state index is 12.1. The number of Topliss-reactive ketones (excluding diaryl/α,β-unsaturated/α-hetero) is 1. The Kier molecular flexibility index (Phi) is 7.13. The topological polar surface area (TPSA) is 131 Å². The molecule has 10 nitrogen and oxygen atoms in total. The number of aromatic nitrogens is 4. The summed E-state index contributed by atoms with van der Waals surface area (Å²) < 4.78 is 2.05. The molecule has 0 amide bonds. The van der Waals surface area contributed by atoms with Crippen molar-refractivity contribution in [1.29, 1.82) is 0 Å². The number of nitrogens with zero attached hydrogens (tertiary/aromatic N) is 5. The Hall–Kier alpha value is -5.32. The van der Waals surface area contributed by atoms with E-state index in [1.165, 1.54) is 5.56 Å². The molecule has 2 aliphatic rings. The van der Waals surface area contributed by atoms with E-state index in [2.05, 4.69) is 50.9 Å². The third-order valence-electron chi connectivity index (χ3n) is 8.28. The minimum absolute atomic E-state index is 0.131. The second kappa shape index (κ2) is 11.4. The zero-order valence-corrected chi connectivity index (χ0v) is 24.0. The first-order valence-electron chi connectivity index (χ1n) is 14.5. The Bertz CT molecular complexity index is 1910. The Morgan fingerprint density at radius 3 is 2.48 bits per heavy atom. The molecule has 0 unspecified atom stereocenters. The number of fused-ring (bicyclic) bond motifs is 1. The molecule has 1 saturated heterocycles. The van der Waals surface area contributed by atoms with Gasteiger partial charge in [-0.25, -0.2) is 20.2 Å². The van der Waals surface area contributed by atoms with E-state index in [1.54, 1.807) is 6.20 Å². The monoisotopic (exact) mass is 585 g/mol. The number of carbonyl (C=O) groups excluding carboxylic acids is 1. The summed E-state index contributed by atoms with van der Waals surface area (Å²) in [6.07, 6.45) is 3.41. The number of pyridine rings is 2. The minimum atomic E-state index is -0.205. The van der Waals surface area contributed by atoms with Gasteiger partial charge >= 0.3 is 0 Å². The highest BCUT2D eigenvalue weighted by molar-refractivity contribution is 6.18. The second-order valence-corrected chi connectivity index (χ2v) is 11.1. The normalized spacial score (nSPS) is 15.9. The van der Waals surface area contributed by atoms with Crippen molar-refractivity contribution >= 4 is 22.8 Å². The Labute approximate surface area is 254 Å². The third-order valence-corrected chi connectivity index (χ3v) is 8.28. The molecule has 4 N–H and O–H groups in total. The maximum Gasteiger partial charge on any atom is 0.216 e. The fraction of sp³-hybridized carbons (Fsp3) is 0.176. The Morgan fingerprint density at radius 1 is 0.977 bits per heavy atom. The van der Waals surface area contributed by atoms with Crippen LogP contribution in [0.25, 0.3) is 39.5 Å². The molecular formula is C34H31N7O3. The summed E-state index contributed by atoms with van der Waals surface area (Å²) in [4.78, 5) is 33.1. The van der Waals surface area contributed by atoms with Gasteiger partial charge in [-0.2, -0.15) is 0 Å². The van der Waals surface area contributed by atoms with E-state index < -0.39 is 0 Å². The molecule has 2 aromatic carbocycles. The number of hydrogen-bond acceptors (Lipinski definition) is 9. The summed E-state index contributed by atoms with van der Waals surface area (Å²) in [5.74, 6) is 1.03. The number of imidazole rings is 1. The number of carbonyl (C=O) groups is 1. The van der Waals surface area contributed by atoms with E-state index in [0.717, 1.165) is 66.1 Å². The van der Waals surface area contributed by atoms with Gasteiger partial charge in [-0.05, 0) is 54.8 Å². The van der Waals surface area contributed by atoms with Gasteiger partial charge in [0.2, 0.25) is 11.5 Å². The highest BCUT2D eigenvalue weighted by Gasteiger charge is 2.36. The molecule has 1 aliphatic carbocycles. The predicted octanol–water partition coefficient (Wildman–Crippen LogP) is 5.13. The van der Waals surface area contributed by atoms with Gasteiger partial charge in [0, 0.05) is 43.1 Å². The SMILES string of the molecule is C=C1C(=O)C(NC2CCN(Cc3ccc(-n4c(-c5cccnc5N)nc5ccc(-c6ccccc6)nc54)cc3)CC2)=C1OO. The first-order chi connectivity index (χ1) is 21.5. The molecule has 5 aromatic rings. The minimum Gasteiger partial charge on any atom is -0.383 e. The number of rotatable bonds is 8. The molecule has 44 heavy (non-hydrogen) atoms. The van der Waals surface area contributed by atoms with Crippen LogP contribution in [0.1, 0.15) is 18.4 Å². The van der Waals surface area contributed by atoms with Crippen LogP contribution < -0.4 is 11.1 Å². The van der Waals surface area contributed by atoms with Crippen LogP contribution in [0.4, 0.5) is 5.82 Å². The van der Waals surface area contributed by atoms with Crippen LogP contribution >= 0.6 is 0 Å². The Morgan fingerprint density at radius 2 is 1.75 bits per heavy atom. The zero-order valence-electron chi connectivity index (χ0n) is 24.0. The predicted molar refractivity (Wildman–Crippen MR) is 168 cm³/mol. The lowest BCUT2D eigenvalue weighted by Crippen LogP contribution is -2.45. The van der Waals surface area contributed by atoms with Gasteiger partial charge in [-0.3, -0.25) is 14.3 Å². The van der Waals surface area contributed by atoms with Crippen LogP contribution in [0.15, 0.2) is 109 Å². The standard InChI is InChI=1S/C34H31N7O3/c1-21-30(42)29(31(21)44-43)37-24-15-18-40(19-16-24)20-22-9-11-25(12-10-22)41-33(26-8-5-17-36-32(26)35)39-28-14-13-27(38-34(28)41)23-6-3-2-4-7-23/h2-14,17,24,37,43H,1,15-16,18-20H2,(H2,35,36). The van der Waals surface area contributed by atoms with E-state index in [4.69, 9.17) is 21.0 Å². The molecule has 0 spiro atoms. The Balaban J connectivity index is 1.13. The van der Waals surface area contributed by atoms with Crippen LogP contribution in [0.2, 0.25) is 0 Å². The fourth-order valence-corrected chi connectivity index (χ4v) is 5.88. The molecule has 0 saturated carbocycles. The van der Waals surface area contributed by atoms with Crippen molar-refractivity contribution in [3.63, 3.8) is 0 Å². The van der Waals surface area contributed by atoms with E-state index in [9.17, 15) is 4.79 Å². The number of ketones is 1. The third kappa shape index (κ3) is 5.00. The molecule has 7 rings (SSSR count). The summed E-state index contributed by atoms with van der Waals surface area (Å²) in [6.45, 7) is 6.17. The smallest absolute Gasteiger partial charge is 0.216 e. The molecule has 220 valence electrons. The van der Waals surface area contributed by atoms with Gasteiger partial charge in [0.05, 0.1) is 16.8 Å². The molecule has 1 aliphatic heterocycles. The zero-order chi connectivity index (χ0) is 30.2. The lowest BCUT2D eigenvalue weighted by atomic mass is 9.93. The summed E-state index contributed by atoms with van der Waals surface area (Å²) in [7, 11) is 0. The molecule has 0 bridgehead atoms. The average molecular weight is 586 g/mol. The van der Waals surface area contributed by atoms with Crippen LogP contribution in [0, 0.1) is 0 Å². The molecule has 3 aromatic heterocycles. The number of nitrogen functional groups attached to an aromatic ring is 1. The van der Waals surface area contributed by atoms with Gasteiger partial charge in [0.25, 0.3) is 0 Å². The number of nitrogens with one attached hydrogen (secondary N) is 1. The van der Waals surface area contributed by atoms with E-state index in [1.807, 2.05) is 59.2 Å². The number of benzene rings is 2. The van der Waals surface area contributed by atoms with Crippen molar-refractivity contribution in [2.75, 3.05) is 18.8 Å². The summed E-state index contributed by atoms with van der Waals surface area (Å²) in [5.41, 5.74) is 13.1. The van der Waals surface area contributed by atoms with Crippen LogP contribution in [-0.2, 0) is 16.2 Å². The number of nitrogens with two attached hydrogens (primary N) is 1. The highest BCUT2D eigenvalue weighted by atomic mass is 17.1. The van der Waals surface area contributed by atoms with Crippen molar-refractivity contribution in [3.8, 4) is 28.3 Å². The van der Waals surface area contributed by atoms with E-state index in [0.29, 0.717) is 17.3 Å². The second-order valence-electron chi connectivity index (χ2n) is 11.1. The largest absolute Gasteiger partial charge is 0.383 e. The summed E-state index contributed by atoms with van der Waals surface area (Å²) >= 11 is 0. The van der Waals surface area contributed by atoms with Gasteiger partial charge < -0.3 is 15.9 Å². The van der Waals surface area contributed by atoms with Gasteiger partial charge in [0.15, 0.2) is 11.5 Å². The number of allylic oxidation sites excluding steroid dienone is 2. The number of likely N-dealkylation sites (tertiary alicyclic amines) is 1. The maximum atomic E-state index is 12.1. The average Bonchev–Trinajstić information content (AvgIpc) is 3.44. The molecule has 10 heteroatoms. The summed E-state index contributed by atoms with van der Waals surface area (Å²) in [6, 6.07) is 26.5. The molecule has 0 radical (unpaired) electrons. The first kappa shape index (κ1) is 27.5. The van der Waals surface area contributed by atoms with Crippen LogP contribution in [0.3, 0.4) is 0 Å². The molecule has 0 atom stereocenters. The number of anilines is 1. The molecule has 1 fully saturated rings. The molecule has 4 heterocycles. The summed E-state index contributed by atoms with van der Waals surface area (Å²) in [5, 5.41) is 12.2. The van der Waals surface area contributed by atoms with Crippen molar-refractivity contribution in [3.05, 3.63) is 114 Å². The van der Waals surface area contributed by atoms with Crippen LogP contribution in [-0.4, -0.2) is 54.6 Å². The van der Waals surface area contributed by atoms with E-state index >= 15 is 0 Å². The number of piperidine rings is 1. The molecular weight excluding hydrogens is 554 g/mol. The highest BCUT2D eigenvalue weighted by Crippen LogP contribution is 2.32. The van der Waals surface area contributed by atoms with Crippen LogP contribution in [0.5, 0.6) is 0 Å². The lowest BCUT2D eigenvalue weighted by molar-refractivity contribution is -0.204. The quantitative estimate of drug-likeness (QED) is 0.129. The van der Waals surface area contributed by atoms with Crippen molar-refractivity contribution in [2.45, 2.75) is 25.4 Å². The van der Waals surface area contributed by atoms with Gasteiger partial charge in [-0.1, -0.05) is 49.0 Å². The van der Waals surface area contributed by atoms with Crippen molar-refractivity contribution < 1.29 is 14.9 Å².